The van der Waals surface area contributed by atoms with Crippen LogP contribution in [0.1, 0.15) is 11.5 Å². The van der Waals surface area contributed by atoms with Crippen LogP contribution in [0.4, 0.5) is 5.69 Å². The fourth-order valence-electron chi connectivity index (χ4n) is 1.61. The molecule has 0 aromatic heterocycles. The molecule has 17 heavy (non-hydrogen) atoms. The first-order valence-corrected chi connectivity index (χ1v) is 4.75. The molecule has 0 fully saturated rings. The van der Waals surface area contributed by atoms with Crippen molar-refractivity contribution >= 4 is 11.5 Å². The van der Waals surface area contributed by atoms with Crippen LogP contribution in [0.3, 0.4) is 0 Å². The predicted octanol–water partition coefficient (Wildman–Crippen LogP) is 1.29. The van der Waals surface area contributed by atoms with Gasteiger partial charge in [0.1, 0.15) is 0 Å². The number of hydrogen-bond donors (Lipinski definition) is 1. The molecule has 0 saturated carbocycles. The Labute approximate surface area is 99.6 Å². The second-order valence-corrected chi connectivity index (χ2v) is 3.81. The molecule has 5 nitrogen and oxygen atoms in total. The lowest BCUT2D eigenvalue weighted by Crippen LogP contribution is -2.23. The van der Waals surface area contributed by atoms with Crippen LogP contribution in [0.15, 0.2) is 30.0 Å². The summed E-state index contributed by atoms with van der Waals surface area (Å²) < 4.78 is 0. The number of allylic oxidation sites excluding steroid dienone is 2. The summed E-state index contributed by atoms with van der Waals surface area (Å²) in [7, 11) is 3.93. The third-order valence-electron chi connectivity index (χ3n) is 2.55. The van der Waals surface area contributed by atoms with E-state index >= 15 is 0 Å². The van der Waals surface area contributed by atoms with Gasteiger partial charge < -0.3 is 21.0 Å². The highest BCUT2D eigenvalue weighted by molar-refractivity contribution is 6.01. The first-order valence-electron chi connectivity index (χ1n) is 4.75. The summed E-state index contributed by atoms with van der Waals surface area (Å²) in [4.78, 5) is 11.3. The minimum absolute atomic E-state index is 0. The van der Waals surface area contributed by atoms with Crippen molar-refractivity contribution in [1.82, 2.24) is 0 Å². The predicted molar refractivity (Wildman–Crippen MR) is 63.7 cm³/mol. The van der Waals surface area contributed by atoms with Gasteiger partial charge in [0.2, 0.25) is 0 Å². The fraction of sp³-hybridized carbons (Fsp3) is 0.250. The first kappa shape index (κ1) is 15.1. The van der Waals surface area contributed by atoms with E-state index in [1.807, 2.05) is 43.3 Å². The van der Waals surface area contributed by atoms with Gasteiger partial charge in [-0.3, -0.25) is 0 Å². The number of benzene rings is 1. The van der Waals surface area contributed by atoms with Crippen LogP contribution >= 0.6 is 0 Å². The normalized spacial score (nSPS) is 16.7. The average Bonchev–Trinajstić information content (AvgIpc) is 2.18. The van der Waals surface area contributed by atoms with E-state index in [1.165, 1.54) is 0 Å². The maximum absolute atomic E-state index is 9.32. The zero-order valence-electron chi connectivity index (χ0n) is 9.62. The van der Waals surface area contributed by atoms with Gasteiger partial charge in [0, 0.05) is 19.8 Å². The molecule has 1 aromatic carbocycles. The number of nitrogens with zero attached hydrogens (tertiary/aromatic N) is 1. The number of anilines is 1. The Morgan fingerprint density at radius 1 is 1.18 bits per heavy atom. The van der Waals surface area contributed by atoms with Crippen LogP contribution < -0.4 is 4.90 Å². The lowest BCUT2D eigenvalue weighted by molar-refractivity contribution is 0.368. The zero-order chi connectivity index (χ0) is 11.0. The lowest BCUT2D eigenvalue weighted by Gasteiger charge is -2.13. The monoisotopic (exact) mass is 237 g/mol. The largest absolute Gasteiger partial charge is 0.870 e. The molecular weight excluding hydrogens is 222 g/mol. The zero-order valence-corrected chi connectivity index (χ0v) is 9.62. The van der Waals surface area contributed by atoms with Crippen molar-refractivity contribution in [3.05, 3.63) is 41.7 Å². The molecule has 1 atom stereocenters. The average molecular weight is 237 g/mol. The molecule has 4 N–H and O–H groups in total. The van der Waals surface area contributed by atoms with Crippen LogP contribution in [0.2, 0.25) is 0 Å². The highest BCUT2D eigenvalue weighted by Crippen LogP contribution is 2.31. The van der Waals surface area contributed by atoms with E-state index in [0.717, 1.165) is 11.3 Å². The number of rotatable bonds is 2. The van der Waals surface area contributed by atoms with Crippen LogP contribution in [-0.4, -0.2) is 40.7 Å². The van der Waals surface area contributed by atoms with Crippen LogP contribution in [0.5, 0.6) is 0 Å². The van der Waals surface area contributed by atoms with Crippen molar-refractivity contribution in [2.24, 2.45) is 0 Å². The van der Waals surface area contributed by atoms with Gasteiger partial charge in [0.05, 0.1) is 0 Å². The second-order valence-electron chi connectivity index (χ2n) is 3.81. The van der Waals surface area contributed by atoms with Gasteiger partial charge in [-0.05, 0) is 17.7 Å². The molecule has 92 valence electrons. The summed E-state index contributed by atoms with van der Waals surface area (Å²) in [6.45, 7) is 0. The minimum atomic E-state index is -0.374. The molecule has 0 spiro atoms. The van der Waals surface area contributed by atoms with Gasteiger partial charge in [0.15, 0.2) is 0 Å². The van der Waals surface area contributed by atoms with Crippen molar-refractivity contribution in [2.45, 2.75) is 5.92 Å². The number of aliphatic hydroxyl groups is 1. The quantitative estimate of drug-likeness (QED) is 0.617. The lowest BCUT2D eigenvalue weighted by atomic mass is 9.84. The summed E-state index contributed by atoms with van der Waals surface area (Å²) >= 11 is 0. The van der Waals surface area contributed by atoms with Crippen molar-refractivity contribution in [1.29, 1.82) is 0 Å². The van der Waals surface area contributed by atoms with E-state index in [9.17, 15) is 9.90 Å². The van der Waals surface area contributed by atoms with E-state index in [2.05, 4.69) is 6.08 Å². The van der Waals surface area contributed by atoms with Gasteiger partial charge in [-0.2, -0.15) is 0 Å². The highest BCUT2D eigenvalue weighted by Gasteiger charge is 2.56. The maximum Gasteiger partial charge on any atom is 0.578 e. The Kier molecular flexibility index (Phi) is 4.79. The number of hydrogen-bond acceptors (Lipinski definition) is 4. The molecule has 5 heteroatoms. The molecule has 0 aliphatic heterocycles. The third kappa shape index (κ3) is 2.60. The minimum Gasteiger partial charge on any atom is -0.870 e. The van der Waals surface area contributed by atoms with Gasteiger partial charge >= 0.3 is 17.6 Å². The van der Waals surface area contributed by atoms with E-state index in [1.54, 1.807) is 0 Å². The summed E-state index contributed by atoms with van der Waals surface area (Å²) in [6, 6.07) is 7.70. The van der Waals surface area contributed by atoms with Gasteiger partial charge in [0.25, 0.3) is 5.92 Å². The van der Waals surface area contributed by atoms with E-state index < -0.39 is 0 Å². The molecule has 1 aromatic rings. The van der Waals surface area contributed by atoms with Crippen molar-refractivity contribution < 1.29 is 20.9 Å². The third-order valence-corrected chi connectivity index (χ3v) is 2.55. The number of carbonyl (C=O) groups excluding carboxylic acids is 1. The van der Waals surface area contributed by atoms with Gasteiger partial charge in [-0.1, -0.05) is 12.1 Å². The van der Waals surface area contributed by atoms with E-state index in [4.69, 9.17) is 0 Å². The summed E-state index contributed by atoms with van der Waals surface area (Å²) in [5.74, 6) is -0.170. The molecule has 1 aliphatic carbocycles. The van der Waals surface area contributed by atoms with Crippen molar-refractivity contribution in [3.63, 3.8) is 0 Å². The Morgan fingerprint density at radius 2 is 1.71 bits per heavy atom. The smallest absolute Gasteiger partial charge is 0.578 e. The highest BCUT2D eigenvalue weighted by atomic mass is 16.3. The Morgan fingerprint density at radius 3 is 2.06 bits per heavy atom. The summed E-state index contributed by atoms with van der Waals surface area (Å²) in [5.41, 5.74) is 1.97. The molecule has 2 rings (SSSR count). The fourth-order valence-corrected chi connectivity index (χ4v) is 1.61. The molecule has 0 saturated heterocycles. The molecule has 1 unspecified atom stereocenters. The van der Waals surface area contributed by atoms with Gasteiger partial charge in [-0.15, -0.1) is 0 Å². The first-order chi connectivity index (χ1) is 7.09. The molecule has 0 radical (unpaired) electrons. The van der Waals surface area contributed by atoms with E-state index in [-0.39, 0.29) is 28.4 Å². The standard InChI is InChI=1S/C12H11NO2.2H2O/c1-13(2)9-5-3-8(4-6-9)12-10(14)7-11(12)15;;/h3-6,12H,1-2H3;2*1H2. The van der Waals surface area contributed by atoms with Crippen LogP contribution in [0.25, 0.3) is 0 Å². The summed E-state index contributed by atoms with van der Waals surface area (Å²) in [5, 5.41) is 9.32. The van der Waals surface area contributed by atoms with Crippen molar-refractivity contribution in [2.75, 3.05) is 19.0 Å². The number of ketones is 1. The maximum atomic E-state index is 9.32. The topological polar surface area (TPSA) is 105 Å². The van der Waals surface area contributed by atoms with Gasteiger partial charge in [-0.25, -0.2) is 4.79 Å². The second kappa shape index (κ2) is 5.41. The summed E-state index contributed by atoms with van der Waals surface area (Å²) in [6.07, 6.45) is 2.43. The molecule has 0 amide bonds. The van der Waals surface area contributed by atoms with Crippen molar-refractivity contribution in [3.8, 4) is 0 Å². The molecule has 1 aliphatic rings. The Balaban J connectivity index is 0.00000128. The number of aliphatic hydroxyl groups excluding tert-OH is 1. The molecule has 0 heterocycles. The SMILES string of the molecule is CN(C)c1ccc(C2C(=[OH+])[C+]=C2O)cc1.[OH-].[OH-]. The van der Waals surface area contributed by atoms with Crippen LogP contribution in [-0.2, 0) is 0 Å². The van der Waals surface area contributed by atoms with E-state index in [0.29, 0.717) is 0 Å². The molecule has 0 bridgehead atoms. The Bertz CT molecular complexity index is 423. The molecular formula is C12H15NO4. The van der Waals surface area contributed by atoms with Crippen LogP contribution in [0, 0.1) is 6.08 Å². The Hall–Kier alpha value is -1.94.